The van der Waals surface area contributed by atoms with Gasteiger partial charge in [0.25, 0.3) is 0 Å². The molecule has 0 bridgehead atoms. The maximum atomic E-state index is 13.3. The summed E-state index contributed by atoms with van der Waals surface area (Å²) >= 11 is 0. The van der Waals surface area contributed by atoms with Crippen molar-refractivity contribution >= 4 is 11.6 Å². The number of halogens is 2. The van der Waals surface area contributed by atoms with E-state index in [1.807, 2.05) is 0 Å². The molecule has 1 aromatic heterocycles. The van der Waals surface area contributed by atoms with Crippen LogP contribution < -0.4 is 0 Å². The fourth-order valence-electron chi connectivity index (χ4n) is 2.48. The molecule has 2 aromatic rings. The van der Waals surface area contributed by atoms with Crippen LogP contribution >= 0.6 is 0 Å². The van der Waals surface area contributed by atoms with Crippen molar-refractivity contribution < 1.29 is 18.4 Å². The van der Waals surface area contributed by atoms with Gasteiger partial charge in [0.1, 0.15) is 11.6 Å². The Morgan fingerprint density at radius 2 is 1.68 bits per heavy atom. The fraction of sp³-hybridized carbons (Fsp3) is 0.118. The Hall–Kier alpha value is -2.69. The molecule has 0 atom stereocenters. The van der Waals surface area contributed by atoms with Gasteiger partial charge >= 0.3 is 0 Å². The Balaban J connectivity index is 2.03. The molecule has 1 aliphatic rings. The van der Waals surface area contributed by atoms with Crippen LogP contribution in [0, 0.1) is 11.6 Å². The number of allylic oxidation sites excluding steroid dienone is 2. The number of ketones is 2. The molecule has 0 aliphatic heterocycles. The highest BCUT2D eigenvalue weighted by Crippen LogP contribution is 2.28. The molecule has 0 fully saturated rings. The summed E-state index contributed by atoms with van der Waals surface area (Å²) < 4.78 is 26.2. The third-order valence-electron chi connectivity index (χ3n) is 3.68. The maximum absolute atomic E-state index is 13.3. The molecule has 22 heavy (non-hydrogen) atoms. The third-order valence-corrected chi connectivity index (χ3v) is 3.68. The molecule has 3 nitrogen and oxygen atoms in total. The zero-order valence-corrected chi connectivity index (χ0v) is 11.7. The van der Waals surface area contributed by atoms with Crippen molar-refractivity contribution in [3.63, 3.8) is 0 Å². The van der Waals surface area contributed by atoms with E-state index >= 15 is 0 Å². The molecule has 1 heterocycles. The fourth-order valence-corrected chi connectivity index (χ4v) is 2.48. The van der Waals surface area contributed by atoms with Crippen LogP contribution in [0.3, 0.4) is 0 Å². The lowest BCUT2D eigenvalue weighted by molar-refractivity contribution is 0.0972. The van der Waals surface area contributed by atoms with Gasteiger partial charge in [-0.2, -0.15) is 0 Å². The average molecular weight is 299 g/mol. The number of fused-ring (bicyclic) bond motifs is 1. The molecule has 0 unspecified atom stereocenters. The van der Waals surface area contributed by atoms with E-state index in [4.69, 9.17) is 0 Å². The lowest BCUT2D eigenvalue weighted by atomic mass is 9.83. The number of carbonyl (C=O) groups excluding carboxylic acids is 2. The van der Waals surface area contributed by atoms with Gasteiger partial charge in [-0.05, 0) is 37.3 Å². The number of hydrogen-bond donors (Lipinski definition) is 0. The van der Waals surface area contributed by atoms with Crippen LogP contribution in [0.5, 0.6) is 0 Å². The average Bonchev–Trinajstić information content (AvgIpc) is 2.51. The van der Waals surface area contributed by atoms with Crippen molar-refractivity contribution in [3.05, 3.63) is 76.1 Å². The van der Waals surface area contributed by atoms with E-state index in [0.29, 0.717) is 11.3 Å². The molecule has 0 radical (unpaired) electrons. The highest BCUT2D eigenvalue weighted by molar-refractivity contribution is 6.26. The predicted octanol–water partition coefficient (Wildman–Crippen LogP) is 3.30. The molecule has 5 heteroatoms. The van der Waals surface area contributed by atoms with Crippen LogP contribution in [0.4, 0.5) is 8.78 Å². The summed E-state index contributed by atoms with van der Waals surface area (Å²) in [5.74, 6) is -1.72. The summed E-state index contributed by atoms with van der Waals surface area (Å²) in [6.45, 7) is 1.53. The largest absolute Gasteiger partial charge is 0.289 e. The van der Waals surface area contributed by atoms with Crippen LogP contribution in [0.25, 0.3) is 0 Å². The summed E-state index contributed by atoms with van der Waals surface area (Å²) in [5, 5.41) is 0. The summed E-state index contributed by atoms with van der Waals surface area (Å²) in [7, 11) is 0. The highest BCUT2D eigenvalue weighted by atomic mass is 19.1. The summed E-state index contributed by atoms with van der Waals surface area (Å²) in [4.78, 5) is 28.7. The summed E-state index contributed by atoms with van der Waals surface area (Å²) in [6.07, 6.45) is 1.19. The first-order valence-corrected chi connectivity index (χ1v) is 6.66. The highest BCUT2D eigenvalue weighted by Gasteiger charge is 2.30. The zero-order chi connectivity index (χ0) is 15.9. The second-order valence-corrected chi connectivity index (χ2v) is 5.10. The molecular formula is C17H11F2NO2. The number of benzene rings is 1. The zero-order valence-electron chi connectivity index (χ0n) is 11.7. The van der Waals surface area contributed by atoms with Gasteiger partial charge < -0.3 is 0 Å². The van der Waals surface area contributed by atoms with E-state index in [1.54, 1.807) is 0 Å². The lowest BCUT2D eigenvalue weighted by Gasteiger charge is -2.18. The van der Waals surface area contributed by atoms with Crippen molar-refractivity contribution in [1.29, 1.82) is 0 Å². The first kappa shape index (κ1) is 14.3. The van der Waals surface area contributed by atoms with Crippen LogP contribution in [0.2, 0.25) is 0 Å². The van der Waals surface area contributed by atoms with E-state index in [1.165, 1.54) is 25.1 Å². The van der Waals surface area contributed by atoms with Crippen molar-refractivity contribution in [2.75, 3.05) is 0 Å². The number of Topliss-reactive ketones (excluding diaryl/α,β-unsaturated/α-hetero) is 2. The molecule has 3 rings (SSSR count). The number of pyridine rings is 1. The van der Waals surface area contributed by atoms with Crippen molar-refractivity contribution in [2.24, 2.45) is 0 Å². The van der Waals surface area contributed by atoms with Crippen LogP contribution in [-0.2, 0) is 6.42 Å². The smallest absolute Gasteiger partial charge is 0.190 e. The molecule has 0 amide bonds. The minimum Gasteiger partial charge on any atom is -0.289 e. The van der Waals surface area contributed by atoms with E-state index in [-0.39, 0.29) is 34.7 Å². The first-order chi connectivity index (χ1) is 10.5. The lowest BCUT2D eigenvalue weighted by Crippen LogP contribution is -2.22. The minimum absolute atomic E-state index is 0.0818. The molecule has 0 saturated carbocycles. The molecule has 0 N–H and O–H groups in total. The van der Waals surface area contributed by atoms with Gasteiger partial charge in [0.05, 0.1) is 6.20 Å². The molecular weight excluding hydrogens is 288 g/mol. The van der Waals surface area contributed by atoms with Crippen molar-refractivity contribution in [1.82, 2.24) is 4.98 Å². The van der Waals surface area contributed by atoms with E-state index in [9.17, 15) is 18.4 Å². The Morgan fingerprint density at radius 1 is 0.955 bits per heavy atom. The van der Waals surface area contributed by atoms with Crippen LogP contribution in [0.1, 0.15) is 33.3 Å². The minimum atomic E-state index is -0.559. The summed E-state index contributed by atoms with van der Waals surface area (Å²) in [5.41, 5.74) is 1.34. The number of rotatable bonds is 2. The number of aromatic nitrogens is 1. The van der Waals surface area contributed by atoms with Crippen LogP contribution in [0.15, 0.2) is 47.7 Å². The Bertz CT molecular complexity index is 823. The van der Waals surface area contributed by atoms with Gasteiger partial charge in [-0.15, -0.1) is 0 Å². The first-order valence-electron chi connectivity index (χ1n) is 6.66. The normalized spacial score (nSPS) is 14.3. The van der Waals surface area contributed by atoms with Gasteiger partial charge in [-0.1, -0.05) is 0 Å². The van der Waals surface area contributed by atoms with E-state index in [0.717, 1.165) is 18.3 Å². The van der Waals surface area contributed by atoms with Crippen molar-refractivity contribution in [3.8, 4) is 0 Å². The summed E-state index contributed by atoms with van der Waals surface area (Å²) in [6, 6.07) is 6.25. The molecule has 1 aromatic carbocycles. The van der Waals surface area contributed by atoms with Crippen molar-refractivity contribution in [2.45, 2.75) is 13.3 Å². The Morgan fingerprint density at radius 3 is 2.36 bits per heavy atom. The number of hydrogen-bond acceptors (Lipinski definition) is 3. The third kappa shape index (κ3) is 2.35. The molecule has 110 valence electrons. The standard InChI is InChI=1S/C17H11F2NO2/c1-9-14(7-12-4-2-11(19)8-20-12)17(22)13-5-3-10(18)6-15(13)16(9)21/h2-6,8H,7H2,1H3. The number of carbonyl (C=O) groups is 2. The predicted molar refractivity (Wildman–Crippen MR) is 75.7 cm³/mol. The van der Waals surface area contributed by atoms with Gasteiger partial charge in [-0.3, -0.25) is 14.6 Å². The Labute approximate surface area is 125 Å². The monoisotopic (exact) mass is 299 g/mol. The topological polar surface area (TPSA) is 47.0 Å². The van der Waals surface area contributed by atoms with Gasteiger partial charge in [0.15, 0.2) is 11.6 Å². The van der Waals surface area contributed by atoms with Gasteiger partial charge in [0.2, 0.25) is 0 Å². The van der Waals surface area contributed by atoms with Gasteiger partial charge in [0, 0.05) is 34.4 Å². The maximum Gasteiger partial charge on any atom is 0.190 e. The van der Waals surface area contributed by atoms with Gasteiger partial charge in [-0.25, -0.2) is 8.78 Å². The molecule has 0 saturated heterocycles. The second kappa shape index (κ2) is 5.26. The molecule has 0 spiro atoms. The number of nitrogens with zero attached hydrogens (tertiary/aromatic N) is 1. The van der Waals surface area contributed by atoms with E-state index < -0.39 is 11.6 Å². The Kier molecular flexibility index (Phi) is 3.41. The van der Waals surface area contributed by atoms with Crippen LogP contribution in [-0.4, -0.2) is 16.6 Å². The second-order valence-electron chi connectivity index (χ2n) is 5.10. The molecule has 1 aliphatic carbocycles. The van der Waals surface area contributed by atoms with E-state index in [2.05, 4.69) is 4.98 Å². The quantitative estimate of drug-likeness (QED) is 0.855. The SMILES string of the molecule is CC1=C(Cc2ccc(F)cn2)C(=O)c2ccc(F)cc2C1=O.